The number of rotatable bonds is 5. The number of hydrogen-bond donors (Lipinski definition) is 2. The second kappa shape index (κ2) is 8.33. The Morgan fingerprint density at radius 3 is 2.28 bits per heavy atom. The summed E-state index contributed by atoms with van der Waals surface area (Å²) in [7, 11) is 1.29. The third-order valence-electron chi connectivity index (χ3n) is 6.34. The molecular formula is C24H27NO6S. The van der Waals surface area contributed by atoms with E-state index < -0.39 is 41.9 Å². The summed E-state index contributed by atoms with van der Waals surface area (Å²) in [5.74, 6) is -3.69. The number of nitrogens with one attached hydrogen (secondary N) is 1. The monoisotopic (exact) mass is 457 g/mol. The molecule has 1 aromatic heterocycles. The minimum Gasteiger partial charge on any atom is -0.481 e. The van der Waals surface area contributed by atoms with Gasteiger partial charge in [0.2, 0.25) is 5.91 Å². The van der Waals surface area contributed by atoms with E-state index in [0.717, 1.165) is 5.56 Å². The van der Waals surface area contributed by atoms with Crippen molar-refractivity contribution in [2.75, 3.05) is 12.4 Å². The van der Waals surface area contributed by atoms with Crippen molar-refractivity contribution >= 4 is 34.2 Å². The van der Waals surface area contributed by atoms with Crippen molar-refractivity contribution in [3.63, 3.8) is 0 Å². The van der Waals surface area contributed by atoms with Gasteiger partial charge in [-0.3, -0.25) is 9.59 Å². The van der Waals surface area contributed by atoms with Gasteiger partial charge < -0.3 is 19.9 Å². The minimum absolute atomic E-state index is 0.000902. The zero-order valence-corrected chi connectivity index (χ0v) is 19.3. The van der Waals surface area contributed by atoms with Gasteiger partial charge in [0.25, 0.3) is 0 Å². The largest absolute Gasteiger partial charge is 0.481 e. The quantitative estimate of drug-likeness (QED) is 0.649. The van der Waals surface area contributed by atoms with Gasteiger partial charge in [0.1, 0.15) is 10.6 Å². The van der Waals surface area contributed by atoms with E-state index in [1.807, 2.05) is 24.3 Å². The predicted molar refractivity (Wildman–Crippen MR) is 121 cm³/mol. The molecule has 2 fully saturated rings. The summed E-state index contributed by atoms with van der Waals surface area (Å²) in [6.07, 6.45) is 0.458. The highest BCUT2D eigenvalue weighted by Gasteiger charge is 2.55. The average Bonchev–Trinajstić information content (AvgIpc) is 3.47. The van der Waals surface area contributed by atoms with Gasteiger partial charge in [0.05, 0.1) is 31.2 Å². The summed E-state index contributed by atoms with van der Waals surface area (Å²) in [4.78, 5) is 37.5. The van der Waals surface area contributed by atoms with Crippen LogP contribution in [0.2, 0.25) is 0 Å². The van der Waals surface area contributed by atoms with Crippen LogP contribution in [-0.2, 0) is 24.5 Å². The third-order valence-corrected chi connectivity index (χ3v) is 7.24. The van der Waals surface area contributed by atoms with E-state index in [-0.39, 0.29) is 11.0 Å². The molecule has 1 aromatic carbocycles. The first-order valence-electron chi connectivity index (χ1n) is 10.6. The number of carbonyl (C=O) groups excluding carboxylic acids is 2. The van der Waals surface area contributed by atoms with Gasteiger partial charge >= 0.3 is 11.9 Å². The van der Waals surface area contributed by atoms with Crippen LogP contribution < -0.4 is 5.32 Å². The van der Waals surface area contributed by atoms with Crippen molar-refractivity contribution in [3.8, 4) is 11.1 Å². The zero-order valence-electron chi connectivity index (χ0n) is 18.5. The lowest BCUT2D eigenvalue weighted by Crippen LogP contribution is -2.41. The number of aliphatic carboxylic acids is 1. The van der Waals surface area contributed by atoms with Crippen LogP contribution in [0.4, 0.5) is 5.00 Å². The molecule has 0 aliphatic carbocycles. The van der Waals surface area contributed by atoms with Gasteiger partial charge in [-0.1, -0.05) is 45.0 Å². The number of ether oxygens (including phenoxy) is 2. The maximum absolute atomic E-state index is 13.1. The van der Waals surface area contributed by atoms with Gasteiger partial charge in [-0.25, -0.2) is 4.79 Å². The SMILES string of the molecule is COC(=O)c1c(-c2ccc(C(C)(C)C)cc2)csc1NC(=O)[C@@H]1[C@@H](C(=O)O)[C@H]2CC[C@H]1O2. The first-order valence-corrected chi connectivity index (χ1v) is 11.5. The standard InChI is InChI=1S/C24H27NO6S/c1-24(2,3)13-7-5-12(6-8-13)14-11-32-21(17(14)23(29)30-4)25-20(26)18-15-9-10-16(31-15)19(18)22(27)28/h5-8,11,15-16,18-19H,9-10H2,1-4H3,(H,25,26)(H,27,28)/t15-,16-,18+,19+/m1/s1. The Bertz CT molecular complexity index is 1050. The molecular weight excluding hydrogens is 430 g/mol. The van der Waals surface area contributed by atoms with Gasteiger partial charge in [-0.2, -0.15) is 0 Å². The van der Waals surface area contributed by atoms with Crippen LogP contribution in [0.25, 0.3) is 11.1 Å². The van der Waals surface area contributed by atoms with Crippen LogP contribution >= 0.6 is 11.3 Å². The maximum Gasteiger partial charge on any atom is 0.341 e. The number of benzene rings is 1. The molecule has 2 aliphatic heterocycles. The fourth-order valence-corrected chi connectivity index (χ4v) is 5.60. The van der Waals surface area contributed by atoms with Crippen LogP contribution in [0.5, 0.6) is 0 Å². The van der Waals surface area contributed by atoms with E-state index >= 15 is 0 Å². The fourth-order valence-electron chi connectivity index (χ4n) is 4.64. The number of fused-ring (bicyclic) bond motifs is 2. The summed E-state index contributed by atoms with van der Waals surface area (Å²) < 4.78 is 10.7. The lowest BCUT2D eigenvalue weighted by atomic mass is 9.78. The molecule has 2 bridgehead atoms. The number of amides is 1. The fraction of sp³-hybridized carbons (Fsp3) is 0.458. The smallest absolute Gasteiger partial charge is 0.341 e. The van der Waals surface area contributed by atoms with Crippen LogP contribution in [0, 0.1) is 11.8 Å². The Labute approximate surface area is 190 Å². The maximum atomic E-state index is 13.1. The van der Waals surface area contributed by atoms with Crippen molar-refractivity contribution in [1.82, 2.24) is 0 Å². The second-order valence-corrected chi connectivity index (χ2v) is 10.2. The third kappa shape index (κ3) is 3.93. The normalized spacial score (nSPS) is 24.4. The summed E-state index contributed by atoms with van der Waals surface area (Å²) in [5.41, 5.74) is 2.94. The molecule has 2 aromatic rings. The van der Waals surface area contributed by atoms with E-state index in [9.17, 15) is 19.5 Å². The summed E-state index contributed by atoms with van der Waals surface area (Å²) in [6, 6.07) is 7.95. The lowest BCUT2D eigenvalue weighted by molar-refractivity contribution is -0.147. The first kappa shape index (κ1) is 22.5. The molecule has 0 radical (unpaired) electrons. The van der Waals surface area contributed by atoms with Crippen molar-refractivity contribution in [2.24, 2.45) is 11.8 Å². The molecule has 4 rings (SSSR count). The number of carboxylic acid groups (broad SMARTS) is 1. The summed E-state index contributed by atoms with van der Waals surface area (Å²) in [6.45, 7) is 6.39. The Morgan fingerprint density at radius 2 is 1.72 bits per heavy atom. The molecule has 2 aliphatic rings. The number of carboxylic acids is 1. The van der Waals surface area contributed by atoms with Gasteiger partial charge in [0, 0.05) is 10.9 Å². The second-order valence-electron chi connectivity index (χ2n) is 9.34. The van der Waals surface area contributed by atoms with Crippen LogP contribution in [0.15, 0.2) is 29.6 Å². The molecule has 2 saturated heterocycles. The lowest BCUT2D eigenvalue weighted by Gasteiger charge is -2.23. The molecule has 2 N–H and O–H groups in total. The zero-order chi connectivity index (χ0) is 23.2. The Morgan fingerprint density at radius 1 is 1.09 bits per heavy atom. The molecule has 32 heavy (non-hydrogen) atoms. The molecule has 0 spiro atoms. The Hall–Kier alpha value is -2.71. The molecule has 1 amide bonds. The number of thiophene rings is 1. The van der Waals surface area contributed by atoms with Gasteiger partial charge in [0.15, 0.2) is 0 Å². The summed E-state index contributed by atoms with van der Waals surface area (Å²) >= 11 is 1.22. The number of esters is 1. The highest BCUT2D eigenvalue weighted by Crippen LogP contribution is 2.45. The number of carbonyl (C=O) groups is 3. The van der Waals surface area contributed by atoms with Crippen LogP contribution in [-0.4, -0.2) is 42.3 Å². The molecule has 170 valence electrons. The van der Waals surface area contributed by atoms with Crippen LogP contribution in [0.1, 0.15) is 49.5 Å². The highest BCUT2D eigenvalue weighted by atomic mass is 32.1. The Kier molecular flexibility index (Phi) is 5.85. The van der Waals surface area contributed by atoms with E-state index in [4.69, 9.17) is 9.47 Å². The van der Waals surface area contributed by atoms with E-state index in [2.05, 4.69) is 26.1 Å². The van der Waals surface area contributed by atoms with Crippen molar-refractivity contribution < 1.29 is 29.0 Å². The van der Waals surface area contributed by atoms with E-state index in [1.54, 1.807) is 5.38 Å². The molecule has 4 atom stereocenters. The number of anilines is 1. The first-order chi connectivity index (χ1) is 15.1. The molecule has 7 nitrogen and oxygen atoms in total. The van der Waals surface area contributed by atoms with E-state index in [0.29, 0.717) is 23.4 Å². The Balaban J connectivity index is 1.64. The predicted octanol–water partition coefficient (Wildman–Crippen LogP) is 4.32. The molecule has 3 heterocycles. The topological polar surface area (TPSA) is 102 Å². The van der Waals surface area contributed by atoms with Crippen LogP contribution in [0.3, 0.4) is 0 Å². The highest BCUT2D eigenvalue weighted by molar-refractivity contribution is 7.15. The average molecular weight is 458 g/mol. The van der Waals surface area contributed by atoms with Gasteiger partial charge in [-0.05, 0) is 29.4 Å². The van der Waals surface area contributed by atoms with Crippen molar-refractivity contribution in [1.29, 1.82) is 0 Å². The van der Waals surface area contributed by atoms with Crippen molar-refractivity contribution in [3.05, 3.63) is 40.8 Å². The van der Waals surface area contributed by atoms with Gasteiger partial charge in [-0.15, -0.1) is 11.3 Å². The molecule has 0 saturated carbocycles. The number of methoxy groups -OCH3 is 1. The minimum atomic E-state index is -1.03. The van der Waals surface area contributed by atoms with Crippen molar-refractivity contribution in [2.45, 2.75) is 51.2 Å². The molecule has 8 heteroatoms. The number of hydrogen-bond acceptors (Lipinski definition) is 6. The summed E-state index contributed by atoms with van der Waals surface area (Å²) in [5, 5.41) is 14.6. The molecule has 0 unspecified atom stereocenters. The van der Waals surface area contributed by atoms with E-state index in [1.165, 1.54) is 24.0 Å².